The molecule has 1 rings (SSSR count). The predicted octanol–water partition coefficient (Wildman–Crippen LogP) is 1.99. The van der Waals surface area contributed by atoms with Crippen LogP contribution in [-0.4, -0.2) is 15.8 Å². The van der Waals surface area contributed by atoms with E-state index in [1.165, 1.54) is 0 Å². The molecular formula is C11H21N3. The smallest absolute Gasteiger partial charge is 0.0640 e. The Bertz CT molecular complexity index is 276. The third kappa shape index (κ3) is 2.84. The van der Waals surface area contributed by atoms with Gasteiger partial charge in [0.1, 0.15) is 0 Å². The summed E-state index contributed by atoms with van der Waals surface area (Å²) in [7, 11) is 0. The molecule has 0 aromatic carbocycles. The van der Waals surface area contributed by atoms with Gasteiger partial charge in [-0.05, 0) is 25.8 Å². The molecule has 0 aliphatic heterocycles. The van der Waals surface area contributed by atoms with Crippen molar-refractivity contribution in [2.24, 2.45) is 11.7 Å². The summed E-state index contributed by atoms with van der Waals surface area (Å²) >= 11 is 0. The molecule has 0 saturated carbocycles. The van der Waals surface area contributed by atoms with Crippen LogP contribution in [0.25, 0.3) is 0 Å². The topological polar surface area (TPSA) is 43.8 Å². The molecule has 3 heteroatoms. The lowest BCUT2D eigenvalue weighted by Crippen LogP contribution is -2.29. The maximum atomic E-state index is 5.98. The Labute approximate surface area is 86.3 Å². The second-order valence-corrected chi connectivity index (χ2v) is 4.49. The van der Waals surface area contributed by atoms with Gasteiger partial charge in [0, 0.05) is 24.7 Å². The van der Waals surface area contributed by atoms with Crippen LogP contribution in [0.4, 0.5) is 0 Å². The first-order valence-electron chi connectivity index (χ1n) is 5.30. The molecule has 80 valence electrons. The molecule has 1 heterocycles. The summed E-state index contributed by atoms with van der Waals surface area (Å²) in [6.45, 7) is 8.53. The average Bonchev–Trinajstić information content (AvgIpc) is 2.52. The highest BCUT2D eigenvalue weighted by molar-refractivity contribution is 5.02. The summed E-state index contributed by atoms with van der Waals surface area (Å²) in [5, 5.41) is 4.47. The molecule has 0 fully saturated rings. The van der Waals surface area contributed by atoms with Crippen LogP contribution in [0.1, 0.15) is 39.4 Å². The quantitative estimate of drug-likeness (QED) is 0.798. The van der Waals surface area contributed by atoms with Crippen LogP contribution < -0.4 is 5.73 Å². The van der Waals surface area contributed by atoms with Gasteiger partial charge in [-0.3, -0.25) is 4.68 Å². The molecule has 0 spiro atoms. The molecule has 2 N–H and O–H groups in total. The van der Waals surface area contributed by atoms with E-state index in [0.29, 0.717) is 12.0 Å². The summed E-state index contributed by atoms with van der Waals surface area (Å²) in [5.74, 6) is 0.513. The Balaban J connectivity index is 2.60. The second-order valence-electron chi connectivity index (χ2n) is 4.49. The monoisotopic (exact) mass is 195 g/mol. The minimum absolute atomic E-state index is 0.213. The van der Waals surface area contributed by atoms with Crippen LogP contribution in [0.5, 0.6) is 0 Å². The van der Waals surface area contributed by atoms with E-state index < -0.39 is 0 Å². The van der Waals surface area contributed by atoms with Crippen LogP contribution in [-0.2, 0) is 6.42 Å². The van der Waals surface area contributed by atoms with Gasteiger partial charge in [0.2, 0.25) is 0 Å². The van der Waals surface area contributed by atoms with Crippen molar-refractivity contribution >= 4 is 0 Å². The van der Waals surface area contributed by atoms with Gasteiger partial charge in [0.25, 0.3) is 0 Å². The molecule has 0 aliphatic rings. The van der Waals surface area contributed by atoms with Crippen molar-refractivity contribution in [2.45, 2.75) is 46.2 Å². The van der Waals surface area contributed by atoms with E-state index in [1.54, 1.807) is 0 Å². The highest BCUT2D eigenvalue weighted by Crippen LogP contribution is 2.08. The Morgan fingerprint density at radius 3 is 2.43 bits per heavy atom. The Morgan fingerprint density at radius 1 is 1.36 bits per heavy atom. The minimum atomic E-state index is 0.213. The fraction of sp³-hybridized carbons (Fsp3) is 0.727. The first-order valence-corrected chi connectivity index (χ1v) is 5.30. The average molecular weight is 195 g/mol. The van der Waals surface area contributed by atoms with Gasteiger partial charge in [-0.2, -0.15) is 5.10 Å². The van der Waals surface area contributed by atoms with Crippen LogP contribution in [0, 0.1) is 5.92 Å². The summed E-state index contributed by atoms with van der Waals surface area (Å²) in [4.78, 5) is 0. The molecule has 3 nitrogen and oxygen atoms in total. The van der Waals surface area contributed by atoms with E-state index >= 15 is 0 Å². The molecule has 1 aromatic heterocycles. The van der Waals surface area contributed by atoms with Crippen LogP contribution >= 0.6 is 0 Å². The van der Waals surface area contributed by atoms with E-state index in [1.807, 2.05) is 10.9 Å². The summed E-state index contributed by atoms with van der Waals surface area (Å²) < 4.78 is 1.97. The molecule has 0 radical (unpaired) electrons. The van der Waals surface area contributed by atoms with E-state index in [4.69, 9.17) is 5.73 Å². The number of hydrogen-bond donors (Lipinski definition) is 1. The van der Waals surface area contributed by atoms with E-state index in [2.05, 4.69) is 38.9 Å². The predicted molar refractivity (Wildman–Crippen MR) is 59.1 cm³/mol. The van der Waals surface area contributed by atoms with Crippen molar-refractivity contribution in [2.75, 3.05) is 0 Å². The van der Waals surface area contributed by atoms with E-state index in [9.17, 15) is 0 Å². The Kier molecular flexibility index (Phi) is 3.69. The van der Waals surface area contributed by atoms with Gasteiger partial charge in [-0.15, -0.1) is 0 Å². The number of nitrogens with zero attached hydrogens (tertiary/aromatic N) is 2. The van der Waals surface area contributed by atoms with Crippen molar-refractivity contribution < 1.29 is 0 Å². The van der Waals surface area contributed by atoms with Gasteiger partial charge < -0.3 is 5.73 Å². The number of rotatable bonds is 4. The zero-order valence-electron chi connectivity index (χ0n) is 9.57. The van der Waals surface area contributed by atoms with Gasteiger partial charge >= 0.3 is 0 Å². The molecule has 1 unspecified atom stereocenters. The number of hydrogen-bond acceptors (Lipinski definition) is 2. The van der Waals surface area contributed by atoms with Crippen LogP contribution in [0.15, 0.2) is 12.3 Å². The fourth-order valence-corrected chi connectivity index (χ4v) is 1.25. The first-order chi connectivity index (χ1) is 6.50. The zero-order valence-corrected chi connectivity index (χ0v) is 9.57. The summed E-state index contributed by atoms with van der Waals surface area (Å²) in [6.07, 6.45) is 2.89. The molecule has 0 aliphatic carbocycles. The van der Waals surface area contributed by atoms with Crippen LogP contribution in [0.3, 0.4) is 0 Å². The minimum Gasteiger partial charge on any atom is -0.327 e. The molecule has 1 aromatic rings. The Hall–Kier alpha value is -0.830. The highest BCUT2D eigenvalue weighted by atomic mass is 15.3. The molecule has 14 heavy (non-hydrogen) atoms. The van der Waals surface area contributed by atoms with Gasteiger partial charge in [-0.1, -0.05) is 13.8 Å². The lowest BCUT2D eigenvalue weighted by molar-refractivity contribution is 0.475. The fourth-order valence-electron chi connectivity index (χ4n) is 1.25. The third-order valence-corrected chi connectivity index (χ3v) is 2.49. The second kappa shape index (κ2) is 4.60. The maximum Gasteiger partial charge on any atom is 0.0640 e. The molecule has 0 bridgehead atoms. The van der Waals surface area contributed by atoms with E-state index in [0.717, 1.165) is 12.1 Å². The van der Waals surface area contributed by atoms with Crippen LogP contribution in [0.2, 0.25) is 0 Å². The number of nitrogens with two attached hydrogens (primary N) is 1. The first kappa shape index (κ1) is 11.2. The van der Waals surface area contributed by atoms with Gasteiger partial charge in [0.15, 0.2) is 0 Å². The van der Waals surface area contributed by atoms with Crippen molar-refractivity contribution in [1.82, 2.24) is 9.78 Å². The molecule has 1 atom stereocenters. The molecule has 0 saturated heterocycles. The largest absolute Gasteiger partial charge is 0.327 e. The lowest BCUT2D eigenvalue weighted by atomic mass is 10.0. The standard InChI is InChI=1S/C11H21N3/c1-8(2)11(12)7-10-5-6-14(13-10)9(3)4/h5-6,8-9,11H,7,12H2,1-4H3. The van der Waals surface area contributed by atoms with Crippen molar-refractivity contribution in [3.8, 4) is 0 Å². The highest BCUT2D eigenvalue weighted by Gasteiger charge is 2.10. The third-order valence-electron chi connectivity index (χ3n) is 2.49. The van der Waals surface area contributed by atoms with Crippen molar-refractivity contribution in [1.29, 1.82) is 0 Å². The van der Waals surface area contributed by atoms with E-state index in [-0.39, 0.29) is 6.04 Å². The SMILES string of the molecule is CC(C)C(N)Cc1ccn(C(C)C)n1. The number of aromatic nitrogens is 2. The Morgan fingerprint density at radius 2 is 2.00 bits per heavy atom. The van der Waals surface area contributed by atoms with Crippen molar-refractivity contribution in [3.63, 3.8) is 0 Å². The normalized spacial score (nSPS) is 13.9. The lowest BCUT2D eigenvalue weighted by Gasteiger charge is -2.13. The summed E-state index contributed by atoms with van der Waals surface area (Å²) in [5.41, 5.74) is 7.08. The van der Waals surface area contributed by atoms with Gasteiger partial charge in [0.05, 0.1) is 5.69 Å². The van der Waals surface area contributed by atoms with Gasteiger partial charge in [-0.25, -0.2) is 0 Å². The van der Waals surface area contributed by atoms with Crippen molar-refractivity contribution in [3.05, 3.63) is 18.0 Å². The zero-order chi connectivity index (χ0) is 10.7. The summed E-state index contributed by atoms with van der Waals surface area (Å²) in [6, 6.07) is 2.70. The molecule has 0 amide bonds. The molecular weight excluding hydrogens is 174 g/mol. The maximum absolute atomic E-state index is 5.98.